The van der Waals surface area contributed by atoms with E-state index in [9.17, 15) is 18.3 Å². The standard InChI is InChI=1S/C16H17BrN2O4S2/c17-14-7-8-15(24-14)25(22,23)19-9-3-4-11(10-19)16(21)18-12-5-1-2-6-13(12)20/h1-2,5-8,11,20H,3-4,9-10H2,(H,18,21)/t11-/m1/s1. The van der Waals surface area contributed by atoms with Crippen LogP contribution in [0.1, 0.15) is 12.8 Å². The van der Waals surface area contributed by atoms with E-state index >= 15 is 0 Å². The number of sulfonamides is 1. The summed E-state index contributed by atoms with van der Waals surface area (Å²) in [4.78, 5) is 12.5. The Morgan fingerprint density at radius 3 is 2.72 bits per heavy atom. The quantitative estimate of drug-likeness (QED) is 0.708. The first kappa shape index (κ1) is 18.4. The van der Waals surface area contributed by atoms with Crippen molar-refractivity contribution in [1.82, 2.24) is 4.31 Å². The number of anilines is 1. The van der Waals surface area contributed by atoms with Gasteiger partial charge < -0.3 is 10.4 Å². The average Bonchev–Trinajstić information content (AvgIpc) is 3.04. The first-order valence-corrected chi connectivity index (χ1v) is 10.8. The van der Waals surface area contributed by atoms with Gasteiger partial charge in [0.2, 0.25) is 5.91 Å². The number of para-hydroxylation sites is 2. The van der Waals surface area contributed by atoms with Crippen molar-refractivity contribution >= 4 is 48.9 Å². The molecule has 0 aliphatic carbocycles. The molecular formula is C16H17BrN2O4S2. The fourth-order valence-corrected chi connectivity index (χ4v) is 6.44. The summed E-state index contributed by atoms with van der Waals surface area (Å²) in [5, 5.41) is 12.4. The Labute approximate surface area is 158 Å². The minimum Gasteiger partial charge on any atom is -0.506 e. The SMILES string of the molecule is O=C(Nc1ccccc1O)[C@@H]1CCCN(S(=O)(=O)c2ccc(Br)s2)C1. The first-order chi connectivity index (χ1) is 11.9. The van der Waals surface area contributed by atoms with Crippen LogP contribution in [0.5, 0.6) is 5.75 Å². The number of rotatable bonds is 4. The number of hydrogen-bond donors (Lipinski definition) is 2. The molecule has 6 nitrogen and oxygen atoms in total. The molecule has 2 aromatic rings. The van der Waals surface area contributed by atoms with E-state index < -0.39 is 15.9 Å². The van der Waals surface area contributed by atoms with Gasteiger partial charge in [0.1, 0.15) is 9.96 Å². The molecule has 0 saturated carbocycles. The Balaban J connectivity index is 1.73. The molecule has 1 atom stereocenters. The molecule has 1 saturated heterocycles. The number of benzene rings is 1. The van der Waals surface area contributed by atoms with Crippen molar-refractivity contribution in [2.24, 2.45) is 5.92 Å². The number of amides is 1. The monoisotopic (exact) mass is 444 g/mol. The summed E-state index contributed by atoms with van der Waals surface area (Å²) in [5.41, 5.74) is 0.328. The number of piperidine rings is 1. The molecule has 9 heteroatoms. The molecule has 25 heavy (non-hydrogen) atoms. The number of carbonyl (C=O) groups excluding carboxylic acids is 1. The minimum atomic E-state index is -3.60. The third-order valence-electron chi connectivity index (χ3n) is 4.06. The summed E-state index contributed by atoms with van der Waals surface area (Å²) in [7, 11) is -3.60. The van der Waals surface area contributed by atoms with E-state index in [2.05, 4.69) is 21.2 Å². The number of halogens is 1. The van der Waals surface area contributed by atoms with Crippen LogP contribution in [0.25, 0.3) is 0 Å². The lowest BCUT2D eigenvalue weighted by Crippen LogP contribution is -2.43. The summed E-state index contributed by atoms with van der Waals surface area (Å²) >= 11 is 4.43. The van der Waals surface area contributed by atoms with Gasteiger partial charge in [0, 0.05) is 13.1 Å². The highest BCUT2D eigenvalue weighted by Crippen LogP contribution is 2.31. The van der Waals surface area contributed by atoms with Crippen molar-refractivity contribution in [1.29, 1.82) is 0 Å². The lowest BCUT2D eigenvalue weighted by Gasteiger charge is -2.30. The Morgan fingerprint density at radius 1 is 1.28 bits per heavy atom. The Bertz CT molecular complexity index is 882. The van der Waals surface area contributed by atoms with Crippen LogP contribution in [0.2, 0.25) is 0 Å². The predicted molar refractivity (Wildman–Crippen MR) is 100 cm³/mol. The zero-order valence-corrected chi connectivity index (χ0v) is 16.4. The van der Waals surface area contributed by atoms with Gasteiger partial charge in [-0.2, -0.15) is 4.31 Å². The Kier molecular flexibility index (Phi) is 5.47. The molecular weight excluding hydrogens is 428 g/mol. The number of hydrogen-bond acceptors (Lipinski definition) is 5. The van der Waals surface area contributed by atoms with E-state index in [1.54, 1.807) is 30.3 Å². The summed E-state index contributed by atoms with van der Waals surface area (Å²) in [6.07, 6.45) is 1.23. The van der Waals surface area contributed by atoms with Crippen LogP contribution in [-0.4, -0.2) is 36.8 Å². The second-order valence-corrected chi connectivity index (χ2v) is 10.4. The molecule has 1 aliphatic heterocycles. The summed E-state index contributed by atoms with van der Waals surface area (Å²) in [5.74, 6) is -0.750. The van der Waals surface area contributed by atoms with E-state index in [1.807, 2.05) is 0 Å². The lowest BCUT2D eigenvalue weighted by atomic mass is 9.98. The van der Waals surface area contributed by atoms with E-state index in [4.69, 9.17) is 0 Å². The van der Waals surface area contributed by atoms with Crippen LogP contribution in [0, 0.1) is 5.92 Å². The molecule has 1 aliphatic rings. The van der Waals surface area contributed by atoms with Crippen LogP contribution in [0.4, 0.5) is 5.69 Å². The topological polar surface area (TPSA) is 86.7 Å². The van der Waals surface area contributed by atoms with Crippen molar-refractivity contribution in [2.45, 2.75) is 17.1 Å². The maximum absolute atomic E-state index is 12.7. The molecule has 1 fully saturated rings. The highest BCUT2D eigenvalue weighted by molar-refractivity contribution is 9.11. The van der Waals surface area contributed by atoms with Crippen LogP contribution in [-0.2, 0) is 14.8 Å². The average molecular weight is 445 g/mol. The van der Waals surface area contributed by atoms with Gasteiger partial charge in [0.25, 0.3) is 10.0 Å². The van der Waals surface area contributed by atoms with Gasteiger partial charge in [-0.05, 0) is 53.0 Å². The smallest absolute Gasteiger partial charge is 0.252 e. The number of carbonyl (C=O) groups is 1. The number of nitrogens with zero attached hydrogens (tertiary/aromatic N) is 1. The van der Waals surface area contributed by atoms with Gasteiger partial charge in [-0.1, -0.05) is 12.1 Å². The van der Waals surface area contributed by atoms with Gasteiger partial charge in [0.15, 0.2) is 0 Å². The van der Waals surface area contributed by atoms with Crippen molar-refractivity contribution in [3.8, 4) is 5.75 Å². The molecule has 1 aromatic heterocycles. The molecule has 0 bridgehead atoms. The fourth-order valence-electron chi connectivity index (χ4n) is 2.75. The van der Waals surface area contributed by atoms with E-state index in [1.165, 1.54) is 10.4 Å². The largest absolute Gasteiger partial charge is 0.506 e. The number of thiophene rings is 1. The number of phenolic OH excluding ortho intramolecular Hbond substituents is 1. The predicted octanol–water partition coefficient (Wildman–Crippen LogP) is 3.26. The van der Waals surface area contributed by atoms with Crippen LogP contribution in [0.3, 0.4) is 0 Å². The van der Waals surface area contributed by atoms with Crippen molar-refractivity contribution in [3.05, 3.63) is 40.2 Å². The molecule has 3 rings (SSSR count). The van der Waals surface area contributed by atoms with Crippen LogP contribution in [0.15, 0.2) is 44.4 Å². The molecule has 134 valence electrons. The lowest BCUT2D eigenvalue weighted by molar-refractivity contribution is -0.120. The molecule has 0 unspecified atom stereocenters. The summed E-state index contributed by atoms with van der Waals surface area (Å²) in [6.45, 7) is 0.537. The minimum absolute atomic E-state index is 0.0143. The molecule has 0 radical (unpaired) electrons. The summed E-state index contributed by atoms with van der Waals surface area (Å²) in [6, 6.07) is 9.73. The third kappa shape index (κ3) is 4.05. The fraction of sp³-hybridized carbons (Fsp3) is 0.312. The maximum atomic E-state index is 12.7. The molecule has 2 heterocycles. The Hall–Kier alpha value is -1.42. The maximum Gasteiger partial charge on any atom is 0.252 e. The Morgan fingerprint density at radius 2 is 2.04 bits per heavy atom. The van der Waals surface area contributed by atoms with Gasteiger partial charge in [-0.15, -0.1) is 11.3 Å². The highest BCUT2D eigenvalue weighted by Gasteiger charge is 2.34. The van der Waals surface area contributed by atoms with Crippen molar-refractivity contribution < 1.29 is 18.3 Å². The van der Waals surface area contributed by atoms with Gasteiger partial charge in [0.05, 0.1) is 15.4 Å². The first-order valence-electron chi connectivity index (χ1n) is 7.72. The molecule has 1 aromatic carbocycles. The van der Waals surface area contributed by atoms with Gasteiger partial charge in [-0.3, -0.25) is 4.79 Å². The zero-order valence-electron chi connectivity index (χ0n) is 13.2. The summed E-state index contributed by atoms with van der Waals surface area (Å²) < 4.78 is 27.8. The molecule has 0 spiro atoms. The van der Waals surface area contributed by atoms with Crippen LogP contribution < -0.4 is 5.32 Å². The van der Waals surface area contributed by atoms with E-state index in [-0.39, 0.29) is 22.4 Å². The van der Waals surface area contributed by atoms with Crippen molar-refractivity contribution in [2.75, 3.05) is 18.4 Å². The van der Waals surface area contributed by atoms with Gasteiger partial charge in [-0.25, -0.2) is 8.42 Å². The highest BCUT2D eigenvalue weighted by atomic mass is 79.9. The van der Waals surface area contributed by atoms with E-state index in [0.29, 0.717) is 25.1 Å². The van der Waals surface area contributed by atoms with Gasteiger partial charge >= 0.3 is 0 Å². The van der Waals surface area contributed by atoms with Crippen molar-refractivity contribution in [3.63, 3.8) is 0 Å². The number of phenols is 1. The second-order valence-electron chi connectivity index (χ2n) is 5.77. The van der Waals surface area contributed by atoms with E-state index in [0.717, 1.165) is 15.1 Å². The number of aromatic hydroxyl groups is 1. The molecule has 2 N–H and O–H groups in total. The normalized spacial score (nSPS) is 18.8. The van der Waals surface area contributed by atoms with Crippen LogP contribution >= 0.6 is 27.3 Å². The third-order valence-corrected chi connectivity index (χ3v) is 8.02. The number of nitrogens with one attached hydrogen (secondary N) is 1. The second kappa shape index (κ2) is 7.45. The molecule has 1 amide bonds. The zero-order chi connectivity index (χ0) is 18.0.